The van der Waals surface area contributed by atoms with Gasteiger partial charge in [-0.2, -0.15) is 0 Å². The molecular weight excluding hydrogens is 298 g/mol. The van der Waals surface area contributed by atoms with E-state index in [9.17, 15) is 4.79 Å². The summed E-state index contributed by atoms with van der Waals surface area (Å²) in [5.74, 6) is 0.0156. The van der Waals surface area contributed by atoms with Gasteiger partial charge in [-0.25, -0.2) is 0 Å². The number of carbonyl (C=O) groups is 1. The number of nitrogens with zero attached hydrogens (tertiary/aromatic N) is 1. The van der Waals surface area contributed by atoms with Crippen molar-refractivity contribution >= 4 is 5.91 Å². The maximum atomic E-state index is 12.6. The molecule has 0 aliphatic carbocycles. The smallest absolute Gasteiger partial charge is 0.253 e. The van der Waals surface area contributed by atoms with Gasteiger partial charge in [0.15, 0.2) is 0 Å². The van der Waals surface area contributed by atoms with E-state index in [1.165, 1.54) is 11.1 Å². The van der Waals surface area contributed by atoms with Crippen LogP contribution in [0, 0.1) is 13.8 Å². The van der Waals surface area contributed by atoms with Crippen molar-refractivity contribution in [1.82, 2.24) is 15.2 Å². The molecule has 1 aliphatic rings. The molecule has 3 rings (SSSR count). The second-order valence-corrected chi connectivity index (χ2v) is 6.36. The molecule has 24 heavy (non-hydrogen) atoms. The first-order valence-electron chi connectivity index (χ1n) is 8.52. The molecule has 0 fully saturated rings. The number of benzene rings is 1. The summed E-state index contributed by atoms with van der Waals surface area (Å²) >= 11 is 0. The minimum atomic E-state index is 0.0156. The lowest BCUT2D eigenvalue weighted by Crippen LogP contribution is -2.29. The standard InChI is InChI=1S/C20H25N3O/c1-15-12-19(20(24)22-13-17-8-10-21-11-9-17)16(2)23(15)14-18-6-4-3-5-7-18/h3-8,12,21H,9-11,13-14H2,1-2H3,(H,22,24). The van der Waals surface area contributed by atoms with E-state index >= 15 is 0 Å². The van der Waals surface area contributed by atoms with Crippen LogP contribution in [0.1, 0.15) is 33.7 Å². The molecule has 0 radical (unpaired) electrons. The summed E-state index contributed by atoms with van der Waals surface area (Å²) in [5.41, 5.74) is 5.46. The minimum Gasteiger partial charge on any atom is -0.348 e. The molecule has 2 aromatic rings. The summed E-state index contributed by atoms with van der Waals surface area (Å²) in [4.78, 5) is 12.6. The highest BCUT2D eigenvalue weighted by atomic mass is 16.1. The van der Waals surface area contributed by atoms with Crippen LogP contribution in [0.25, 0.3) is 0 Å². The predicted octanol–water partition coefficient (Wildman–Crippen LogP) is 2.80. The van der Waals surface area contributed by atoms with Crippen molar-refractivity contribution in [3.05, 3.63) is 70.6 Å². The Morgan fingerprint density at radius 1 is 1.25 bits per heavy atom. The van der Waals surface area contributed by atoms with Gasteiger partial charge in [0.25, 0.3) is 5.91 Å². The monoisotopic (exact) mass is 323 g/mol. The normalized spacial score (nSPS) is 14.3. The van der Waals surface area contributed by atoms with Crippen LogP contribution < -0.4 is 10.6 Å². The Labute approximate surface area is 143 Å². The SMILES string of the molecule is Cc1cc(C(=O)NCC2=CCNCC2)c(C)n1Cc1ccccc1. The first-order valence-corrected chi connectivity index (χ1v) is 8.52. The number of rotatable bonds is 5. The molecule has 0 unspecified atom stereocenters. The molecule has 2 heterocycles. The predicted molar refractivity (Wildman–Crippen MR) is 97.4 cm³/mol. The molecule has 126 valence electrons. The summed E-state index contributed by atoms with van der Waals surface area (Å²) in [7, 11) is 0. The number of amides is 1. The van der Waals surface area contributed by atoms with Gasteiger partial charge < -0.3 is 15.2 Å². The van der Waals surface area contributed by atoms with Gasteiger partial charge in [0.2, 0.25) is 0 Å². The maximum Gasteiger partial charge on any atom is 0.253 e. The van der Waals surface area contributed by atoms with E-state index < -0.39 is 0 Å². The largest absolute Gasteiger partial charge is 0.348 e. The van der Waals surface area contributed by atoms with Crippen LogP contribution in [0.3, 0.4) is 0 Å². The van der Waals surface area contributed by atoms with Gasteiger partial charge >= 0.3 is 0 Å². The zero-order valence-corrected chi connectivity index (χ0v) is 14.4. The Balaban J connectivity index is 1.70. The molecule has 4 nitrogen and oxygen atoms in total. The molecule has 2 N–H and O–H groups in total. The number of hydrogen-bond acceptors (Lipinski definition) is 2. The summed E-state index contributed by atoms with van der Waals surface area (Å²) in [6, 6.07) is 12.3. The zero-order valence-electron chi connectivity index (χ0n) is 14.4. The van der Waals surface area contributed by atoms with Gasteiger partial charge in [0.05, 0.1) is 5.56 Å². The highest BCUT2D eigenvalue weighted by molar-refractivity contribution is 5.95. The molecule has 0 atom stereocenters. The van der Waals surface area contributed by atoms with Crippen molar-refractivity contribution in [3.8, 4) is 0 Å². The number of carbonyl (C=O) groups excluding carboxylic acids is 1. The van der Waals surface area contributed by atoms with Gasteiger partial charge in [-0.3, -0.25) is 4.79 Å². The van der Waals surface area contributed by atoms with Crippen LogP contribution in [0.2, 0.25) is 0 Å². The molecule has 0 spiro atoms. The van der Waals surface area contributed by atoms with Crippen LogP contribution >= 0.6 is 0 Å². The third-order valence-electron chi connectivity index (χ3n) is 4.64. The Bertz CT molecular complexity index is 744. The highest BCUT2D eigenvalue weighted by Gasteiger charge is 2.16. The van der Waals surface area contributed by atoms with Crippen LogP contribution in [-0.4, -0.2) is 30.1 Å². The molecule has 0 bridgehead atoms. The van der Waals surface area contributed by atoms with Crippen LogP contribution in [0.5, 0.6) is 0 Å². The lowest BCUT2D eigenvalue weighted by atomic mass is 10.1. The summed E-state index contributed by atoms with van der Waals surface area (Å²) in [6.45, 7) is 7.41. The molecule has 1 aromatic carbocycles. The van der Waals surface area contributed by atoms with E-state index in [1.807, 2.05) is 31.2 Å². The molecule has 1 aliphatic heterocycles. The fraction of sp³-hybridized carbons (Fsp3) is 0.350. The first kappa shape index (κ1) is 16.5. The fourth-order valence-corrected chi connectivity index (χ4v) is 3.16. The van der Waals surface area contributed by atoms with E-state index in [2.05, 4.69) is 40.3 Å². The highest BCUT2D eigenvalue weighted by Crippen LogP contribution is 2.17. The van der Waals surface area contributed by atoms with Gasteiger partial charge in [-0.15, -0.1) is 0 Å². The maximum absolute atomic E-state index is 12.6. The lowest BCUT2D eigenvalue weighted by Gasteiger charge is -2.14. The van der Waals surface area contributed by atoms with E-state index in [0.29, 0.717) is 6.54 Å². The van der Waals surface area contributed by atoms with E-state index in [-0.39, 0.29) is 5.91 Å². The average molecular weight is 323 g/mol. The number of aryl methyl sites for hydroxylation is 1. The van der Waals surface area contributed by atoms with E-state index in [0.717, 1.165) is 43.0 Å². The third-order valence-corrected chi connectivity index (χ3v) is 4.64. The van der Waals surface area contributed by atoms with Crippen molar-refractivity contribution in [2.75, 3.05) is 19.6 Å². The van der Waals surface area contributed by atoms with Crippen LogP contribution in [0.15, 0.2) is 48.0 Å². The molecule has 1 amide bonds. The average Bonchev–Trinajstić information content (AvgIpc) is 2.90. The van der Waals surface area contributed by atoms with Crippen molar-refractivity contribution < 1.29 is 4.79 Å². The van der Waals surface area contributed by atoms with Gasteiger partial charge in [0, 0.05) is 31.0 Å². The summed E-state index contributed by atoms with van der Waals surface area (Å²) in [6.07, 6.45) is 3.18. The van der Waals surface area contributed by atoms with E-state index in [1.54, 1.807) is 0 Å². The minimum absolute atomic E-state index is 0.0156. The van der Waals surface area contributed by atoms with Gasteiger partial charge in [-0.05, 0) is 38.4 Å². The van der Waals surface area contributed by atoms with Crippen molar-refractivity contribution in [2.24, 2.45) is 0 Å². The second-order valence-electron chi connectivity index (χ2n) is 6.36. The molecule has 0 saturated carbocycles. The summed E-state index contributed by atoms with van der Waals surface area (Å²) in [5, 5.41) is 6.35. The fourth-order valence-electron chi connectivity index (χ4n) is 3.16. The topological polar surface area (TPSA) is 46.1 Å². The quantitative estimate of drug-likeness (QED) is 0.831. The molecule has 4 heteroatoms. The third kappa shape index (κ3) is 3.77. The Morgan fingerprint density at radius 3 is 2.75 bits per heavy atom. The summed E-state index contributed by atoms with van der Waals surface area (Å²) < 4.78 is 2.20. The number of nitrogens with one attached hydrogen (secondary N) is 2. The Morgan fingerprint density at radius 2 is 2.04 bits per heavy atom. The van der Waals surface area contributed by atoms with Crippen molar-refractivity contribution in [3.63, 3.8) is 0 Å². The zero-order chi connectivity index (χ0) is 16.9. The van der Waals surface area contributed by atoms with E-state index in [4.69, 9.17) is 0 Å². The van der Waals surface area contributed by atoms with Crippen LogP contribution in [0.4, 0.5) is 0 Å². The second kappa shape index (κ2) is 7.49. The molecule has 0 saturated heterocycles. The Hall–Kier alpha value is -2.33. The first-order chi connectivity index (χ1) is 11.6. The van der Waals surface area contributed by atoms with Crippen molar-refractivity contribution in [1.29, 1.82) is 0 Å². The lowest BCUT2D eigenvalue weighted by molar-refractivity contribution is 0.0956. The Kier molecular flexibility index (Phi) is 5.16. The molecular formula is C20H25N3O. The number of hydrogen-bond donors (Lipinski definition) is 2. The van der Waals surface area contributed by atoms with Crippen LogP contribution in [-0.2, 0) is 6.54 Å². The van der Waals surface area contributed by atoms with Gasteiger partial charge in [-0.1, -0.05) is 42.0 Å². The molecule has 1 aromatic heterocycles. The van der Waals surface area contributed by atoms with Crippen molar-refractivity contribution in [2.45, 2.75) is 26.8 Å². The van der Waals surface area contributed by atoms with Gasteiger partial charge in [0.1, 0.15) is 0 Å². The number of aromatic nitrogens is 1.